The number of non-ortho nitro benzene ring substituents is 1. The van der Waals surface area contributed by atoms with E-state index in [9.17, 15) is 14.9 Å². The summed E-state index contributed by atoms with van der Waals surface area (Å²) in [7, 11) is 3.32. The first kappa shape index (κ1) is 15.6. The van der Waals surface area contributed by atoms with E-state index in [0.29, 0.717) is 18.8 Å². The van der Waals surface area contributed by atoms with Gasteiger partial charge in [-0.15, -0.1) is 0 Å². The molecule has 1 aromatic carbocycles. The van der Waals surface area contributed by atoms with Crippen molar-refractivity contribution in [3.63, 3.8) is 0 Å². The molecule has 0 N–H and O–H groups in total. The van der Waals surface area contributed by atoms with Gasteiger partial charge in [-0.3, -0.25) is 15.0 Å². The van der Waals surface area contributed by atoms with E-state index in [1.165, 1.54) is 19.2 Å². The van der Waals surface area contributed by atoms with Crippen molar-refractivity contribution in [1.82, 2.24) is 4.90 Å². The molecule has 2 bridgehead atoms. The van der Waals surface area contributed by atoms with Crippen LogP contribution in [0.5, 0.6) is 0 Å². The maximum Gasteiger partial charge on any atom is 0.338 e. The van der Waals surface area contributed by atoms with Crippen LogP contribution in [0.1, 0.15) is 22.3 Å². The molecule has 2 heterocycles. The zero-order valence-corrected chi connectivity index (χ0v) is 13.0. The third-order valence-electron chi connectivity index (χ3n) is 4.47. The Morgan fingerprint density at radius 1 is 1.39 bits per heavy atom. The molecular weight excluding hydrogens is 300 g/mol. The van der Waals surface area contributed by atoms with Crippen molar-refractivity contribution in [3.8, 4) is 0 Å². The van der Waals surface area contributed by atoms with Gasteiger partial charge in [0.2, 0.25) is 0 Å². The van der Waals surface area contributed by atoms with Crippen LogP contribution in [0, 0.1) is 10.1 Å². The SMILES string of the molecule is COC(=O)c1cc(C2=CC3COCC(C2)N3C)cc([N+](=O)[O-])c1. The maximum atomic E-state index is 11.8. The quantitative estimate of drug-likeness (QED) is 0.481. The van der Waals surface area contributed by atoms with E-state index >= 15 is 0 Å². The Kier molecular flexibility index (Phi) is 4.14. The van der Waals surface area contributed by atoms with Gasteiger partial charge in [-0.1, -0.05) is 6.08 Å². The molecule has 0 amide bonds. The highest BCUT2D eigenvalue weighted by Gasteiger charge is 2.32. The first-order chi connectivity index (χ1) is 11.0. The van der Waals surface area contributed by atoms with E-state index in [2.05, 4.69) is 18.0 Å². The van der Waals surface area contributed by atoms with Crippen LogP contribution < -0.4 is 0 Å². The van der Waals surface area contributed by atoms with Crippen LogP contribution in [-0.2, 0) is 9.47 Å². The summed E-state index contributed by atoms with van der Waals surface area (Å²) in [5.74, 6) is -0.577. The molecule has 7 heteroatoms. The molecule has 23 heavy (non-hydrogen) atoms. The summed E-state index contributed by atoms with van der Waals surface area (Å²) in [5, 5.41) is 11.2. The zero-order chi connectivity index (χ0) is 16.6. The van der Waals surface area contributed by atoms with E-state index < -0.39 is 10.9 Å². The molecule has 1 fully saturated rings. The van der Waals surface area contributed by atoms with Gasteiger partial charge in [0.05, 0.1) is 36.9 Å². The van der Waals surface area contributed by atoms with Gasteiger partial charge in [0, 0.05) is 18.2 Å². The number of fused-ring (bicyclic) bond motifs is 2. The van der Waals surface area contributed by atoms with Crippen LogP contribution in [0.3, 0.4) is 0 Å². The van der Waals surface area contributed by atoms with Gasteiger partial charge in [-0.05, 0) is 30.7 Å². The molecule has 2 unspecified atom stereocenters. The van der Waals surface area contributed by atoms with E-state index in [1.807, 2.05) is 0 Å². The third-order valence-corrected chi connectivity index (χ3v) is 4.47. The number of esters is 1. The van der Waals surface area contributed by atoms with E-state index in [0.717, 1.165) is 12.0 Å². The van der Waals surface area contributed by atoms with Crippen molar-refractivity contribution >= 4 is 17.2 Å². The van der Waals surface area contributed by atoms with Crippen molar-refractivity contribution in [2.75, 3.05) is 27.4 Å². The summed E-state index contributed by atoms with van der Waals surface area (Å²) >= 11 is 0. The topological polar surface area (TPSA) is 81.9 Å². The second kappa shape index (κ2) is 6.10. The minimum atomic E-state index is -0.577. The number of hydrogen-bond donors (Lipinski definition) is 0. The van der Waals surface area contributed by atoms with Gasteiger partial charge in [0.1, 0.15) is 0 Å². The van der Waals surface area contributed by atoms with Crippen molar-refractivity contribution in [1.29, 1.82) is 0 Å². The van der Waals surface area contributed by atoms with Crippen molar-refractivity contribution in [2.45, 2.75) is 18.5 Å². The van der Waals surface area contributed by atoms with Crippen LogP contribution in [0.25, 0.3) is 5.57 Å². The number of rotatable bonds is 3. The predicted molar refractivity (Wildman–Crippen MR) is 83.2 cm³/mol. The smallest absolute Gasteiger partial charge is 0.338 e. The predicted octanol–water partition coefficient (Wildman–Crippen LogP) is 1.87. The number of morpholine rings is 1. The number of nitrogens with zero attached hydrogens (tertiary/aromatic N) is 2. The van der Waals surface area contributed by atoms with Crippen LogP contribution in [0.2, 0.25) is 0 Å². The molecular formula is C16H18N2O5. The normalized spacial score (nSPS) is 24.0. The number of nitro benzene ring substituents is 1. The number of carbonyl (C=O) groups is 1. The molecule has 1 aromatic rings. The zero-order valence-electron chi connectivity index (χ0n) is 13.0. The second-order valence-electron chi connectivity index (χ2n) is 5.84. The summed E-state index contributed by atoms with van der Waals surface area (Å²) in [5.41, 5.74) is 1.79. The lowest BCUT2D eigenvalue weighted by Crippen LogP contribution is -2.51. The fourth-order valence-electron chi connectivity index (χ4n) is 3.11. The number of benzene rings is 1. The van der Waals surface area contributed by atoms with Crippen molar-refractivity contribution in [3.05, 3.63) is 45.5 Å². The molecule has 1 saturated heterocycles. The Hall–Kier alpha value is -2.25. The molecule has 0 spiro atoms. The van der Waals surface area contributed by atoms with Crippen LogP contribution in [-0.4, -0.2) is 55.2 Å². The lowest BCUT2D eigenvalue weighted by Gasteiger charge is -2.42. The molecule has 2 aliphatic heterocycles. The first-order valence-corrected chi connectivity index (χ1v) is 7.38. The Morgan fingerprint density at radius 3 is 2.83 bits per heavy atom. The molecule has 2 aliphatic rings. The average Bonchev–Trinajstić information content (AvgIpc) is 2.53. The van der Waals surface area contributed by atoms with Gasteiger partial charge in [-0.2, -0.15) is 0 Å². The molecule has 0 saturated carbocycles. The molecule has 7 nitrogen and oxygen atoms in total. The first-order valence-electron chi connectivity index (χ1n) is 7.38. The Labute approximate surface area is 133 Å². The highest BCUT2D eigenvalue weighted by atomic mass is 16.6. The fourth-order valence-corrected chi connectivity index (χ4v) is 3.11. The number of nitro groups is 1. The molecule has 0 radical (unpaired) electrons. The lowest BCUT2D eigenvalue weighted by atomic mass is 9.89. The summed E-state index contributed by atoms with van der Waals surface area (Å²) in [6.07, 6.45) is 2.80. The molecule has 122 valence electrons. The van der Waals surface area contributed by atoms with Gasteiger partial charge < -0.3 is 9.47 Å². The Morgan fingerprint density at radius 2 is 2.17 bits per heavy atom. The number of carbonyl (C=O) groups excluding carboxylic acids is 1. The standard InChI is InChI=1S/C16H18N2O5/c1-17-14-5-11(6-15(17)9-23-8-14)10-3-12(16(19)22-2)7-13(4-10)18(20)21/h3-5,7,14-15H,6,8-9H2,1-2H3. The van der Waals surface area contributed by atoms with Crippen molar-refractivity contribution in [2.24, 2.45) is 0 Å². The summed E-state index contributed by atoms with van der Waals surface area (Å²) < 4.78 is 10.3. The lowest BCUT2D eigenvalue weighted by molar-refractivity contribution is -0.384. The van der Waals surface area contributed by atoms with Crippen molar-refractivity contribution < 1.29 is 19.2 Å². The number of ether oxygens (including phenoxy) is 2. The number of hydrogen-bond acceptors (Lipinski definition) is 6. The van der Waals surface area contributed by atoms with Gasteiger partial charge >= 0.3 is 5.97 Å². The van der Waals surface area contributed by atoms with Gasteiger partial charge in [-0.25, -0.2) is 4.79 Å². The summed E-state index contributed by atoms with van der Waals surface area (Å²) in [6.45, 7) is 1.25. The molecule has 0 aromatic heterocycles. The average molecular weight is 318 g/mol. The monoisotopic (exact) mass is 318 g/mol. The van der Waals surface area contributed by atoms with Crippen LogP contribution in [0.15, 0.2) is 24.3 Å². The van der Waals surface area contributed by atoms with Crippen LogP contribution >= 0.6 is 0 Å². The minimum absolute atomic E-state index is 0.107. The summed E-state index contributed by atoms with van der Waals surface area (Å²) in [6, 6.07) is 4.81. The Balaban J connectivity index is 2.03. The highest BCUT2D eigenvalue weighted by molar-refractivity contribution is 5.91. The maximum absolute atomic E-state index is 11.8. The molecule has 0 aliphatic carbocycles. The van der Waals surface area contributed by atoms with E-state index in [-0.39, 0.29) is 23.3 Å². The van der Waals surface area contributed by atoms with E-state index in [1.54, 1.807) is 6.07 Å². The fraction of sp³-hybridized carbons (Fsp3) is 0.438. The number of methoxy groups -OCH3 is 1. The van der Waals surface area contributed by atoms with Crippen LogP contribution in [0.4, 0.5) is 5.69 Å². The molecule has 3 rings (SSSR count). The molecule has 2 atom stereocenters. The van der Waals surface area contributed by atoms with E-state index in [4.69, 9.17) is 9.47 Å². The third kappa shape index (κ3) is 2.97. The summed E-state index contributed by atoms with van der Waals surface area (Å²) in [4.78, 5) is 24.7. The minimum Gasteiger partial charge on any atom is -0.465 e. The van der Waals surface area contributed by atoms with Gasteiger partial charge in [0.25, 0.3) is 5.69 Å². The Bertz CT molecular complexity index is 685. The van der Waals surface area contributed by atoms with Gasteiger partial charge in [0.15, 0.2) is 0 Å². The largest absolute Gasteiger partial charge is 0.465 e. The second-order valence-corrected chi connectivity index (χ2v) is 5.84. The highest BCUT2D eigenvalue weighted by Crippen LogP contribution is 2.33. The number of likely N-dealkylation sites (N-methyl/N-ethyl adjacent to an activating group) is 1.